The molecule has 0 aromatic carbocycles. The van der Waals surface area contributed by atoms with Gasteiger partial charge in [-0.25, -0.2) is 0 Å². The second kappa shape index (κ2) is 4.73. The van der Waals surface area contributed by atoms with Crippen LogP contribution in [0.4, 0.5) is 0 Å². The van der Waals surface area contributed by atoms with Crippen molar-refractivity contribution in [2.24, 2.45) is 0 Å². The van der Waals surface area contributed by atoms with Gasteiger partial charge in [0.1, 0.15) is 0 Å². The van der Waals surface area contributed by atoms with Crippen molar-refractivity contribution in [1.29, 1.82) is 0 Å². The van der Waals surface area contributed by atoms with Gasteiger partial charge in [-0.2, -0.15) is 0 Å². The zero-order chi connectivity index (χ0) is 8.91. The molecule has 0 spiro atoms. The average molecular weight is 158 g/mol. The fourth-order valence-electron chi connectivity index (χ4n) is 1.39. The van der Waals surface area contributed by atoms with E-state index in [2.05, 4.69) is 31.1 Å². The number of hydrogen-bond acceptors (Lipinski definition) is 2. The standard InChI is InChI=1S/C7H16N2.C2H6/c1-7(2)6-9(3)5-4-8-7;1-2/h8H,4-6H2,1-3H3;1-2H3. The summed E-state index contributed by atoms with van der Waals surface area (Å²) in [4.78, 5) is 2.36. The van der Waals surface area contributed by atoms with Crippen molar-refractivity contribution in [1.82, 2.24) is 10.2 Å². The SMILES string of the molecule is CC.CN1CCNC(C)(C)C1. The number of hydrogen-bond donors (Lipinski definition) is 1. The minimum atomic E-state index is 0.326. The van der Waals surface area contributed by atoms with Crippen molar-refractivity contribution >= 4 is 0 Å². The van der Waals surface area contributed by atoms with E-state index in [0.717, 1.165) is 13.1 Å². The Morgan fingerprint density at radius 2 is 1.82 bits per heavy atom. The minimum absolute atomic E-state index is 0.326. The van der Waals surface area contributed by atoms with E-state index in [1.54, 1.807) is 0 Å². The Kier molecular flexibility index (Phi) is 4.69. The maximum atomic E-state index is 3.45. The fraction of sp³-hybridized carbons (Fsp3) is 1.00. The van der Waals surface area contributed by atoms with Gasteiger partial charge in [-0.15, -0.1) is 0 Å². The molecule has 11 heavy (non-hydrogen) atoms. The van der Waals surface area contributed by atoms with Crippen LogP contribution in [0, 0.1) is 0 Å². The van der Waals surface area contributed by atoms with Gasteiger partial charge in [-0.1, -0.05) is 13.8 Å². The van der Waals surface area contributed by atoms with Crippen LogP contribution in [0.3, 0.4) is 0 Å². The summed E-state index contributed by atoms with van der Waals surface area (Å²) < 4.78 is 0. The summed E-state index contributed by atoms with van der Waals surface area (Å²) in [6.07, 6.45) is 0. The lowest BCUT2D eigenvalue weighted by atomic mass is 10.0. The van der Waals surface area contributed by atoms with E-state index in [0.29, 0.717) is 5.54 Å². The molecule has 1 aliphatic rings. The summed E-state index contributed by atoms with van der Waals surface area (Å²) in [6, 6.07) is 0. The van der Waals surface area contributed by atoms with E-state index >= 15 is 0 Å². The van der Waals surface area contributed by atoms with E-state index in [4.69, 9.17) is 0 Å². The van der Waals surface area contributed by atoms with Crippen molar-refractivity contribution in [2.45, 2.75) is 33.2 Å². The van der Waals surface area contributed by atoms with Crippen molar-refractivity contribution in [3.63, 3.8) is 0 Å². The minimum Gasteiger partial charge on any atom is -0.309 e. The molecule has 0 atom stereocenters. The molecule has 1 N–H and O–H groups in total. The summed E-state index contributed by atoms with van der Waals surface area (Å²) in [5, 5.41) is 3.45. The Morgan fingerprint density at radius 1 is 1.27 bits per heavy atom. The van der Waals surface area contributed by atoms with Crippen molar-refractivity contribution in [3.05, 3.63) is 0 Å². The number of piperazine rings is 1. The van der Waals surface area contributed by atoms with Crippen LogP contribution in [0.5, 0.6) is 0 Å². The van der Waals surface area contributed by atoms with Crippen molar-refractivity contribution in [2.75, 3.05) is 26.7 Å². The molecule has 0 saturated carbocycles. The predicted octanol–water partition coefficient (Wildman–Crippen LogP) is 1.33. The van der Waals surface area contributed by atoms with Crippen LogP contribution >= 0.6 is 0 Å². The second-order valence-electron chi connectivity index (χ2n) is 3.55. The normalized spacial score (nSPS) is 23.7. The Labute approximate surface area is 71.0 Å². The molecule has 0 aromatic heterocycles. The van der Waals surface area contributed by atoms with Crippen LogP contribution in [0.2, 0.25) is 0 Å². The summed E-state index contributed by atoms with van der Waals surface area (Å²) in [6.45, 7) is 11.9. The van der Waals surface area contributed by atoms with Crippen LogP contribution in [-0.2, 0) is 0 Å². The monoisotopic (exact) mass is 158 g/mol. The van der Waals surface area contributed by atoms with Crippen molar-refractivity contribution in [3.8, 4) is 0 Å². The average Bonchev–Trinajstić information content (AvgIpc) is 1.89. The Bertz CT molecular complexity index is 99.7. The number of nitrogens with one attached hydrogen (secondary N) is 1. The molecule has 0 unspecified atom stereocenters. The highest BCUT2D eigenvalue weighted by molar-refractivity contribution is 4.84. The van der Waals surface area contributed by atoms with Gasteiger partial charge >= 0.3 is 0 Å². The molecule has 1 saturated heterocycles. The topological polar surface area (TPSA) is 15.3 Å². The fourth-order valence-corrected chi connectivity index (χ4v) is 1.39. The van der Waals surface area contributed by atoms with Gasteiger partial charge in [-0.3, -0.25) is 0 Å². The first-order valence-corrected chi connectivity index (χ1v) is 4.54. The van der Waals surface area contributed by atoms with E-state index in [1.807, 2.05) is 13.8 Å². The quantitative estimate of drug-likeness (QED) is 0.572. The molecule has 2 nitrogen and oxygen atoms in total. The first-order valence-electron chi connectivity index (χ1n) is 4.54. The zero-order valence-corrected chi connectivity index (χ0v) is 8.57. The third-order valence-electron chi connectivity index (χ3n) is 1.76. The predicted molar refractivity (Wildman–Crippen MR) is 50.9 cm³/mol. The van der Waals surface area contributed by atoms with Crippen LogP contribution < -0.4 is 5.32 Å². The second-order valence-corrected chi connectivity index (χ2v) is 3.55. The largest absolute Gasteiger partial charge is 0.309 e. The van der Waals surface area contributed by atoms with Gasteiger partial charge in [0.15, 0.2) is 0 Å². The molecule has 0 amide bonds. The van der Waals surface area contributed by atoms with E-state index in [9.17, 15) is 0 Å². The third kappa shape index (κ3) is 4.38. The van der Waals surface area contributed by atoms with Gasteiger partial charge in [0.2, 0.25) is 0 Å². The van der Waals surface area contributed by atoms with E-state index in [1.165, 1.54) is 6.54 Å². The molecular weight excluding hydrogens is 136 g/mol. The van der Waals surface area contributed by atoms with Crippen LogP contribution in [0.1, 0.15) is 27.7 Å². The first-order chi connectivity index (χ1) is 5.10. The van der Waals surface area contributed by atoms with Gasteiger partial charge in [0.05, 0.1) is 0 Å². The van der Waals surface area contributed by atoms with Gasteiger partial charge in [0, 0.05) is 25.2 Å². The molecule has 1 rings (SSSR count). The third-order valence-corrected chi connectivity index (χ3v) is 1.76. The Balaban J connectivity index is 0.000000461. The molecule has 0 aliphatic carbocycles. The highest BCUT2D eigenvalue weighted by atomic mass is 15.2. The maximum absolute atomic E-state index is 3.45. The van der Waals surface area contributed by atoms with Gasteiger partial charge in [0.25, 0.3) is 0 Å². The van der Waals surface area contributed by atoms with Gasteiger partial charge in [-0.05, 0) is 20.9 Å². The lowest BCUT2D eigenvalue weighted by Crippen LogP contribution is -2.55. The molecule has 0 bridgehead atoms. The Hall–Kier alpha value is -0.0800. The lowest BCUT2D eigenvalue weighted by Gasteiger charge is -2.36. The molecule has 2 heteroatoms. The Morgan fingerprint density at radius 3 is 2.09 bits per heavy atom. The molecule has 0 aromatic rings. The summed E-state index contributed by atoms with van der Waals surface area (Å²) >= 11 is 0. The lowest BCUT2D eigenvalue weighted by molar-refractivity contribution is 0.185. The molecule has 0 radical (unpaired) electrons. The number of rotatable bonds is 0. The highest BCUT2D eigenvalue weighted by Crippen LogP contribution is 2.07. The molecular formula is C9H22N2. The number of likely N-dealkylation sites (N-methyl/N-ethyl adjacent to an activating group) is 1. The molecule has 1 aliphatic heterocycles. The maximum Gasteiger partial charge on any atom is 0.0252 e. The number of nitrogens with zero attached hydrogens (tertiary/aromatic N) is 1. The van der Waals surface area contributed by atoms with Crippen LogP contribution in [0.15, 0.2) is 0 Å². The zero-order valence-electron chi connectivity index (χ0n) is 8.57. The van der Waals surface area contributed by atoms with Crippen molar-refractivity contribution < 1.29 is 0 Å². The molecule has 1 heterocycles. The van der Waals surface area contributed by atoms with Gasteiger partial charge < -0.3 is 10.2 Å². The van der Waals surface area contributed by atoms with Crippen LogP contribution in [-0.4, -0.2) is 37.1 Å². The van der Waals surface area contributed by atoms with Crippen LogP contribution in [0.25, 0.3) is 0 Å². The first kappa shape index (κ1) is 10.9. The summed E-state index contributed by atoms with van der Waals surface area (Å²) in [5.74, 6) is 0. The molecule has 68 valence electrons. The van der Waals surface area contributed by atoms with E-state index < -0.39 is 0 Å². The summed E-state index contributed by atoms with van der Waals surface area (Å²) in [5.41, 5.74) is 0.326. The van der Waals surface area contributed by atoms with E-state index in [-0.39, 0.29) is 0 Å². The highest BCUT2D eigenvalue weighted by Gasteiger charge is 2.22. The summed E-state index contributed by atoms with van der Waals surface area (Å²) in [7, 11) is 2.17. The smallest absolute Gasteiger partial charge is 0.0252 e. The molecule has 1 fully saturated rings.